The molecule has 0 aromatic carbocycles. The summed E-state index contributed by atoms with van der Waals surface area (Å²) in [4.78, 5) is 11.5. The Morgan fingerprint density at radius 1 is 1.37 bits per heavy atom. The van der Waals surface area contributed by atoms with E-state index in [4.69, 9.17) is 9.47 Å². The van der Waals surface area contributed by atoms with Gasteiger partial charge in [-0.05, 0) is 13.3 Å². The fourth-order valence-electron chi connectivity index (χ4n) is 2.46. The van der Waals surface area contributed by atoms with E-state index in [1.165, 1.54) is 0 Å². The fraction of sp³-hybridized carbons (Fsp3) is 0.929. The number of nitrogens with one attached hydrogen (secondary N) is 2. The molecule has 1 aliphatic rings. The van der Waals surface area contributed by atoms with E-state index in [0.717, 1.165) is 13.0 Å². The van der Waals surface area contributed by atoms with Crippen LogP contribution in [0.2, 0.25) is 0 Å². The molecule has 5 heteroatoms. The van der Waals surface area contributed by atoms with Crippen molar-refractivity contribution < 1.29 is 14.3 Å². The molecular formula is C14H28N2O3. The number of carbonyl (C=O) groups is 1. The van der Waals surface area contributed by atoms with Crippen LogP contribution < -0.4 is 10.6 Å². The zero-order chi connectivity index (χ0) is 14.3. The number of ether oxygens (including phenoxy) is 2. The van der Waals surface area contributed by atoms with Crippen molar-refractivity contribution in [3.8, 4) is 0 Å². The van der Waals surface area contributed by atoms with E-state index in [9.17, 15) is 4.79 Å². The van der Waals surface area contributed by atoms with Gasteiger partial charge >= 0.3 is 0 Å². The Balaban J connectivity index is 2.12. The van der Waals surface area contributed by atoms with Crippen LogP contribution in [0.15, 0.2) is 0 Å². The third kappa shape index (κ3) is 4.75. The van der Waals surface area contributed by atoms with Crippen molar-refractivity contribution in [2.24, 2.45) is 5.41 Å². The molecule has 0 spiro atoms. The maximum atomic E-state index is 11.5. The molecule has 19 heavy (non-hydrogen) atoms. The van der Waals surface area contributed by atoms with Gasteiger partial charge in [-0.1, -0.05) is 13.8 Å². The van der Waals surface area contributed by atoms with Crippen molar-refractivity contribution in [2.45, 2.75) is 45.8 Å². The van der Waals surface area contributed by atoms with Crippen LogP contribution in [-0.4, -0.2) is 51.5 Å². The smallest absolute Gasteiger partial charge is 0.221 e. The van der Waals surface area contributed by atoms with Crippen LogP contribution in [0.4, 0.5) is 0 Å². The van der Waals surface area contributed by atoms with Gasteiger partial charge < -0.3 is 20.1 Å². The SMILES string of the molecule is CCOC1CC(NCCC(=O)NCCOC)C1(C)C. The second-order valence-corrected chi connectivity index (χ2v) is 5.60. The van der Waals surface area contributed by atoms with E-state index >= 15 is 0 Å². The van der Waals surface area contributed by atoms with Crippen LogP contribution in [0.25, 0.3) is 0 Å². The number of amides is 1. The highest BCUT2D eigenvalue weighted by molar-refractivity contribution is 5.76. The summed E-state index contributed by atoms with van der Waals surface area (Å²) in [7, 11) is 1.63. The third-order valence-corrected chi connectivity index (χ3v) is 3.92. The van der Waals surface area contributed by atoms with E-state index in [1.807, 2.05) is 6.92 Å². The maximum Gasteiger partial charge on any atom is 0.221 e. The van der Waals surface area contributed by atoms with Crippen molar-refractivity contribution in [2.75, 3.05) is 33.4 Å². The van der Waals surface area contributed by atoms with Gasteiger partial charge in [0, 0.05) is 44.7 Å². The van der Waals surface area contributed by atoms with Crippen LogP contribution in [0.1, 0.15) is 33.6 Å². The summed E-state index contributed by atoms with van der Waals surface area (Å²) in [5.74, 6) is 0.0723. The molecule has 0 radical (unpaired) electrons. The molecule has 0 heterocycles. The van der Waals surface area contributed by atoms with E-state index in [0.29, 0.717) is 38.3 Å². The first kappa shape index (κ1) is 16.4. The third-order valence-electron chi connectivity index (χ3n) is 3.92. The van der Waals surface area contributed by atoms with Crippen molar-refractivity contribution in [1.29, 1.82) is 0 Å². The molecule has 0 saturated heterocycles. The zero-order valence-electron chi connectivity index (χ0n) is 12.6. The van der Waals surface area contributed by atoms with Crippen LogP contribution >= 0.6 is 0 Å². The highest BCUT2D eigenvalue weighted by atomic mass is 16.5. The Kier molecular flexibility index (Phi) is 6.75. The van der Waals surface area contributed by atoms with Crippen molar-refractivity contribution in [3.05, 3.63) is 0 Å². The first-order chi connectivity index (χ1) is 9.02. The predicted octanol–water partition coefficient (Wildman–Crippen LogP) is 0.932. The van der Waals surface area contributed by atoms with Crippen molar-refractivity contribution >= 4 is 5.91 Å². The Morgan fingerprint density at radius 3 is 2.68 bits per heavy atom. The van der Waals surface area contributed by atoms with Gasteiger partial charge in [-0.2, -0.15) is 0 Å². The normalized spacial score (nSPS) is 24.8. The number of carbonyl (C=O) groups excluding carboxylic acids is 1. The fourth-order valence-corrected chi connectivity index (χ4v) is 2.46. The van der Waals surface area contributed by atoms with Crippen LogP contribution in [0.3, 0.4) is 0 Å². The average molecular weight is 272 g/mol. The molecule has 0 aromatic rings. The summed E-state index contributed by atoms with van der Waals surface area (Å²) in [6.07, 6.45) is 1.88. The van der Waals surface area contributed by atoms with Gasteiger partial charge in [-0.15, -0.1) is 0 Å². The maximum absolute atomic E-state index is 11.5. The summed E-state index contributed by atoms with van der Waals surface area (Å²) in [5.41, 5.74) is 0.155. The Morgan fingerprint density at radius 2 is 2.11 bits per heavy atom. The van der Waals surface area contributed by atoms with E-state index in [2.05, 4.69) is 24.5 Å². The lowest BCUT2D eigenvalue weighted by molar-refractivity contribution is -0.122. The van der Waals surface area contributed by atoms with Gasteiger partial charge in [0.05, 0.1) is 12.7 Å². The highest BCUT2D eigenvalue weighted by Crippen LogP contribution is 2.42. The number of rotatable bonds is 9. The van der Waals surface area contributed by atoms with Gasteiger partial charge in [-0.25, -0.2) is 0 Å². The number of methoxy groups -OCH3 is 1. The second-order valence-electron chi connectivity index (χ2n) is 5.60. The molecule has 112 valence electrons. The first-order valence-electron chi connectivity index (χ1n) is 7.13. The molecule has 1 rings (SSSR count). The Hall–Kier alpha value is -0.650. The van der Waals surface area contributed by atoms with E-state index in [1.54, 1.807) is 7.11 Å². The van der Waals surface area contributed by atoms with Gasteiger partial charge in [0.2, 0.25) is 5.91 Å². The van der Waals surface area contributed by atoms with E-state index < -0.39 is 0 Å². The van der Waals surface area contributed by atoms with Gasteiger partial charge in [0.1, 0.15) is 0 Å². The largest absolute Gasteiger partial charge is 0.383 e. The quantitative estimate of drug-likeness (QED) is 0.613. The standard InChI is InChI=1S/C14H28N2O3/c1-5-19-12-10-11(14(12,2)3)15-7-6-13(17)16-8-9-18-4/h11-12,15H,5-10H2,1-4H3,(H,16,17). The molecule has 0 aliphatic heterocycles. The molecule has 2 atom stereocenters. The molecule has 5 nitrogen and oxygen atoms in total. The molecule has 0 bridgehead atoms. The lowest BCUT2D eigenvalue weighted by atomic mass is 9.64. The monoisotopic (exact) mass is 272 g/mol. The summed E-state index contributed by atoms with van der Waals surface area (Å²) in [6.45, 7) is 9.08. The average Bonchev–Trinajstić information content (AvgIpc) is 2.37. The molecule has 2 N–H and O–H groups in total. The molecule has 1 amide bonds. The lowest BCUT2D eigenvalue weighted by Gasteiger charge is -2.52. The van der Waals surface area contributed by atoms with Crippen LogP contribution in [-0.2, 0) is 14.3 Å². The predicted molar refractivity (Wildman–Crippen MR) is 75.1 cm³/mol. The Bertz CT molecular complexity index is 282. The zero-order valence-corrected chi connectivity index (χ0v) is 12.6. The minimum atomic E-state index is 0.0723. The minimum absolute atomic E-state index is 0.0723. The molecule has 2 unspecified atom stereocenters. The number of hydrogen-bond acceptors (Lipinski definition) is 4. The lowest BCUT2D eigenvalue weighted by Crippen LogP contribution is -2.61. The van der Waals surface area contributed by atoms with Gasteiger partial charge in [0.25, 0.3) is 0 Å². The second kappa shape index (κ2) is 7.82. The van der Waals surface area contributed by atoms with Crippen LogP contribution in [0.5, 0.6) is 0 Å². The summed E-state index contributed by atoms with van der Waals surface area (Å²) in [5, 5.41) is 6.26. The Labute approximate surface area is 116 Å². The topological polar surface area (TPSA) is 59.6 Å². The summed E-state index contributed by atoms with van der Waals surface area (Å²) < 4.78 is 10.6. The molecular weight excluding hydrogens is 244 g/mol. The minimum Gasteiger partial charge on any atom is -0.383 e. The number of hydrogen-bond donors (Lipinski definition) is 2. The molecule has 1 fully saturated rings. The van der Waals surface area contributed by atoms with Gasteiger partial charge in [0.15, 0.2) is 0 Å². The first-order valence-corrected chi connectivity index (χ1v) is 7.13. The van der Waals surface area contributed by atoms with Gasteiger partial charge in [-0.3, -0.25) is 4.79 Å². The molecule has 1 aliphatic carbocycles. The highest BCUT2D eigenvalue weighted by Gasteiger charge is 2.48. The molecule has 0 aromatic heterocycles. The van der Waals surface area contributed by atoms with Crippen LogP contribution in [0, 0.1) is 5.41 Å². The van der Waals surface area contributed by atoms with E-state index in [-0.39, 0.29) is 11.3 Å². The summed E-state index contributed by atoms with van der Waals surface area (Å²) >= 11 is 0. The molecule has 1 saturated carbocycles. The van der Waals surface area contributed by atoms with Crippen molar-refractivity contribution in [3.63, 3.8) is 0 Å². The van der Waals surface area contributed by atoms with Crippen molar-refractivity contribution in [1.82, 2.24) is 10.6 Å². The summed E-state index contributed by atoms with van der Waals surface area (Å²) in [6, 6.07) is 0.441.